The van der Waals surface area contributed by atoms with Crippen molar-refractivity contribution in [2.24, 2.45) is 0 Å². The number of nitrogens with zero attached hydrogens (tertiary/aromatic N) is 3. The molecule has 0 aliphatic carbocycles. The zero-order valence-electron chi connectivity index (χ0n) is 17.4. The van der Waals surface area contributed by atoms with Crippen LogP contribution >= 0.6 is 11.3 Å². The Kier molecular flexibility index (Phi) is 6.09. The quantitative estimate of drug-likeness (QED) is 0.451. The molecule has 0 radical (unpaired) electrons. The maximum absolute atomic E-state index is 13.1. The number of benzene rings is 2. The lowest BCUT2D eigenvalue weighted by atomic mass is 10.1. The molecule has 2 heterocycles. The molecule has 0 spiro atoms. The van der Waals surface area contributed by atoms with Crippen molar-refractivity contribution < 1.29 is 14.0 Å². The summed E-state index contributed by atoms with van der Waals surface area (Å²) in [6.07, 6.45) is 1.64. The summed E-state index contributed by atoms with van der Waals surface area (Å²) in [6, 6.07) is 15.1. The Morgan fingerprint density at radius 3 is 2.47 bits per heavy atom. The molecule has 0 saturated heterocycles. The number of carbonyl (C=O) groups excluding carboxylic acids is 2. The summed E-state index contributed by atoms with van der Waals surface area (Å²) >= 11 is 1.31. The van der Waals surface area contributed by atoms with E-state index >= 15 is 0 Å². The Morgan fingerprint density at radius 2 is 1.78 bits per heavy atom. The topological polar surface area (TPSA) is 88.9 Å². The first-order valence-corrected chi connectivity index (χ1v) is 10.7. The van der Waals surface area contributed by atoms with Gasteiger partial charge in [0, 0.05) is 24.1 Å². The number of anilines is 1. The van der Waals surface area contributed by atoms with Crippen molar-refractivity contribution in [2.75, 3.05) is 5.32 Å². The van der Waals surface area contributed by atoms with Gasteiger partial charge in [-0.15, -0.1) is 11.3 Å². The van der Waals surface area contributed by atoms with Crippen LogP contribution in [0.15, 0.2) is 66.2 Å². The number of amides is 2. The molecular weight excluding hydrogens is 429 g/mol. The van der Waals surface area contributed by atoms with Gasteiger partial charge in [0.25, 0.3) is 5.91 Å². The fourth-order valence-electron chi connectivity index (χ4n) is 3.14. The van der Waals surface area contributed by atoms with E-state index in [0.717, 1.165) is 16.8 Å². The van der Waals surface area contributed by atoms with Gasteiger partial charge in [-0.25, -0.2) is 14.1 Å². The summed E-state index contributed by atoms with van der Waals surface area (Å²) in [4.78, 5) is 28.3. The number of halogens is 1. The Morgan fingerprint density at radius 1 is 1.06 bits per heavy atom. The van der Waals surface area contributed by atoms with E-state index in [2.05, 4.69) is 20.7 Å². The molecular formula is C23H20FN5O2S. The van der Waals surface area contributed by atoms with Gasteiger partial charge in [0.1, 0.15) is 5.82 Å². The highest BCUT2D eigenvalue weighted by Crippen LogP contribution is 2.26. The monoisotopic (exact) mass is 449 g/mol. The molecule has 1 unspecified atom stereocenters. The largest absolute Gasteiger partial charge is 0.350 e. The number of hydrogen-bond acceptors (Lipinski definition) is 5. The molecule has 0 saturated carbocycles. The Balaban J connectivity index is 1.42. The minimum absolute atomic E-state index is 0.0797. The Bertz CT molecular complexity index is 1250. The molecule has 1 atom stereocenters. The third-order valence-corrected chi connectivity index (χ3v) is 5.52. The third-order valence-electron chi connectivity index (χ3n) is 4.76. The lowest BCUT2D eigenvalue weighted by Crippen LogP contribution is -2.23. The van der Waals surface area contributed by atoms with Crippen molar-refractivity contribution in [3.05, 3.63) is 83.2 Å². The summed E-state index contributed by atoms with van der Waals surface area (Å²) in [5.74, 6) is -0.800. The average Bonchev–Trinajstić information content (AvgIpc) is 3.44. The van der Waals surface area contributed by atoms with Gasteiger partial charge >= 0.3 is 0 Å². The van der Waals surface area contributed by atoms with Crippen molar-refractivity contribution in [1.82, 2.24) is 20.1 Å². The molecule has 2 aromatic carbocycles. The van der Waals surface area contributed by atoms with Crippen LogP contribution in [-0.4, -0.2) is 26.6 Å². The van der Waals surface area contributed by atoms with E-state index in [0.29, 0.717) is 10.8 Å². The van der Waals surface area contributed by atoms with Gasteiger partial charge in [0.15, 0.2) is 10.8 Å². The van der Waals surface area contributed by atoms with Gasteiger partial charge in [-0.3, -0.25) is 14.9 Å². The standard InChI is InChI=1S/C23H20FN5O2S/c1-14(25-15(2)30)16-3-5-17(6-4-16)21-13-32-23(26-21)27-22(31)20-11-12-29(28-20)19-9-7-18(24)8-10-19/h3-14H,1-2H3,(H,25,30)(H,26,27,31). The number of aromatic nitrogens is 3. The summed E-state index contributed by atoms with van der Waals surface area (Å²) in [5.41, 5.74) is 3.51. The molecule has 162 valence electrons. The van der Waals surface area contributed by atoms with Crippen LogP contribution in [0.2, 0.25) is 0 Å². The van der Waals surface area contributed by atoms with Crippen LogP contribution in [0.4, 0.5) is 9.52 Å². The second-order valence-corrected chi connectivity index (χ2v) is 8.02. The van der Waals surface area contributed by atoms with Gasteiger partial charge < -0.3 is 5.32 Å². The number of hydrogen-bond donors (Lipinski definition) is 2. The fourth-order valence-corrected chi connectivity index (χ4v) is 3.85. The van der Waals surface area contributed by atoms with Crippen LogP contribution in [0.5, 0.6) is 0 Å². The predicted octanol–water partition coefficient (Wildman–Crippen LogP) is 4.58. The summed E-state index contributed by atoms with van der Waals surface area (Å²) in [7, 11) is 0. The maximum atomic E-state index is 13.1. The van der Waals surface area contributed by atoms with Gasteiger partial charge in [0.05, 0.1) is 17.4 Å². The normalized spacial score (nSPS) is 11.7. The van der Waals surface area contributed by atoms with Crippen LogP contribution < -0.4 is 10.6 Å². The van der Waals surface area contributed by atoms with Crippen LogP contribution in [0.3, 0.4) is 0 Å². The van der Waals surface area contributed by atoms with Gasteiger partial charge in [-0.2, -0.15) is 5.10 Å². The van der Waals surface area contributed by atoms with E-state index in [4.69, 9.17) is 0 Å². The molecule has 7 nitrogen and oxygen atoms in total. The second kappa shape index (κ2) is 9.11. The molecule has 4 rings (SSSR count). The van der Waals surface area contributed by atoms with Crippen molar-refractivity contribution in [2.45, 2.75) is 19.9 Å². The molecule has 9 heteroatoms. The van der Waals surface area contributed by atoms with Crippen LogP contribution in [0.25, 0.3) is 16.9 Å². The number of thiazole rings is 1. The first kappa shape index (κ1) is 21.4. The highest BCUT2D eigenvalue weighted by atomic mass is 32.1. The van der Waals surface area contributed by atoms with Crippen LogP contribution in [-0.2, 0) is 4.79 Å². The third kappa shape index (κ3) is 4.89. The second-order valence-electron chi connectivity index (χ2n) is 7.16. The molecule has 2 amide bonds. The van der Waals surface area contributed by atoms with E-state index in [9.17, 15) is 14.0 Å². The molecule has 0 bridgehead atoms. The van der Waals surface area contributed by atoms with E-state index in [1.807, 2.05) is 36.6 Å². The van der Waals surface area contributed by atoms with Crippen LogP contribution in [0, 0.1) is 5.82 Å². The number of nitrogens with one attached hydrogen (secondary N) is 2. The molecule has 2 N–H and O–H groups in total. The highest BCUT2D eigenvalue weighted by Gasteiger charge is 2.14. The lowest BCUT2D eigenvalue weighted by molar-refractivity contribution is -0.119. The van der Waals surface area contributed by atoms with Gasteiger partial charge in [-0.1, -0.05) is 24.3 Å². The molecule has 0 aliphatic rings. The van der Waals surface area contributed by atoms with Crippen LogP contribution in [0.1, 0.15) is 35.9 Å². The van der Waals surface area contributed by atoms with E-state index in [1.54, 1.807) is 24.4 Å². The molecule has 4 aromatic rings. The zero-order valence-corrected chi connectivity index (χ0v) is 18.2. The highest BCUT2D eigenvalue weighted by molar-refractivity contribution is 7.14. The van der Waals surface area contributed by atoms with Crippen molar-refractivity contribution >= 4 is 28.3 Å². The van der Waals surface area contributed by atoms with Crippen molar-refractivity contribution in [1.29, 1.82) is 0 Å². The summed E-state index contributed by atoms with van der Waals surface area (Å²) in [5, 5.41) is 12.2. The molecule has 0 fully saturated rings. The first-order valence-electron chi connectivity index (χ1n) is 9.85. The summed E-state index contributed by atoms with van der Waals surface area (Å²) in [6.45, 7) is 3.41. The van der Waals surface area contributed by atoms with Gasteiger partial charge in [0.2, 0.25) is 5.91 Å². The van der Waals surface area contributed by atoms with Crippen molar-refractivity contribution in [3.63, 3.8) is 0 Å². The minimum atomic E-state index is -0.383. The Hall–Kier alpha value is -3.85. The van der Waals surface area contributed by atoms with Gasteiger partial charge in [-0.05, 0) is 42.8 Å². The predicted molar refractivity (Wildman–Crippen MR) is 121 cm³/mol. The number of rotatable bonds is 6. The SMILES string of the molecule is CC(=O)NC(C)c1ccc(-c2csc(NC(=O)c3ccn(-c4ccc(F)cc4)n3)n2)cc1. The van der Waals surface area contributed by atoms with E-state index < -0.39 is 0 Å². The Labute approximate surface area is 187 Å². The minimum Gasteiger partial charge on any atom is -0.350 e. The van der Waals surface area contributed by atoms with Crippen molar-refractivity contribution in [3.8, 4) is 16.9 Å². The molecule has 32 heavy (non-hydrogen) atoms. The number of carbonyl (C=O) groups is 2. The lowest BCUT2D eigenvalue weighted by Gasteiger charge is -2.12. The molecule has 2 aromatic heterocycles. The van der Waals surface area contributed by atoms with E-state index in [-0.39, 0.29) is 29.4 Å². The fraction of sp³-hybridized carbons (Fsp3) is 0.130. The smallest absolute Gasteiger partial charge is 0.277 e. The zero-order chi connectivity index (χ0) is 22.7. The molecule has 0 aliphatic heterocycles. The summed E-state index contributed by atoms with van der Waals surface area (Å²) < 4.78 is 14.6. The maximum Gasteiger partial charge on any atom is 0.277 e. The first-order chi connectivity index (χ1) is 15.4. The average molecular weight is 450 g/mol. The van der Waals surface area contributed by atoms with E-state index in [1.165, 1.54) is 35.1 Å².